The molecule has 1 fully saturated rings. The largest absolute Gasteiger partial charge is 0.308 e. The van der Waals surface area contributed by atoms with E-state index < -0.39 is 0 Å². The van der Waals surface area contributed by atoms with E-state index in [1.165, 1.54) is 38.0 Å². The number of nitrogens with zero attached hydrogens (tertiary/aromatic N) is 1. The first-order valence-corrected chi connectivity index (χ1v) is 8.17. The summed E-state index contributed by atoms with van der Waals surface area (Å²) in [5, 5.41) is 3.75. The van der Waals surface area contributed by atoms with Gasteiger partial charge in [-0.1, -0.05) is 51.1 Å². The summed E-state index contributed by atoms with van der Waals surface area (Å²) in [6, 6.07) is 11.3. The maximum atomic E-state index is 3.75. The molecule has 1 unspecified atom stereocenters. The lowest BCUT2D eigenvalue weighted by atomic mass is 9.96. The van der Waals surface area contributed by atoms with Gasteiger partial charge in [0.15, 0.2) is 0 Å². The highest BCUT2D eigenvalue weighted by atomic mass is 15.1. The third kappa shape index (κ3) is 4.60. The fourth-order valence-electron chi connectivity index (χ4n) is 3.06. The fraction of sp³-hybridized carbons (Fsp3) is 0.667. The highest BCUT2D eigenvalue weighted by Gasteiger charge is 2.17. The van der Waals surface area contributed by atoms with Crippen molar-refractivity contribution in [1.82, 2.24) is 10.2 Å². The van der Waals surface area contributed by atoms with E-state index in [0.717, 1.165) is 12.5 Å². The van der Waals surface area contributed by atoms with E-state index in [1.54, 1.807) is 0 Å². The maximum absolute atomic E-state index is 3.75. The summed E-state index contributed by atoms with van der Waals surface area (Å²) in [6.07, 6.45) is 2.73. The molecule has 0 amide bonds. The Kier molecular flexibility index (Phi) is 6.06. The van der Waals surface area contributed by atoms with Gasteiger partial charge in [-0.3, -0.25) is 0 Å². The first kappa shape index (κ1) is 15.5. The molecular weight excluding hydrogens is 244 g/mol. The van der Waals surface area contributed by atoms with E-state index >= 15 is 0 Å². The Morgan fingerprint density at radius 1 is 1.15 bits per heavy atom. The van der Waals surface area contributed by atoms with Crippen LogP contribution in [0.4, 0.5) is 0 Å². The number of rotatable bonds is 6. The number of hydrogen-bond donors (Lipinski definition) is 1. The molecule has 1 heterocycles. The summed E-state index contributed by atoms with van der Waals surface area (Å²) >= 11 is 0. The average Bonchev–Trinajstić information content (AvgIpc) is 2.46. The minimum Gasteiger partial charge on any atom is -0.308 e. The monoisotopic (exact) mass is 274 g/mol. The second-order valence-corrected chi connectivity index (χ2v) is 6.61. The normalized spacial score (nSPS) is 19.4. The van der Waals surface area contributed by atoms with Crippen molar-refractivity contribution >= 4 is 0 Å². The van der Waals surface area contributed by atoms with E-state index in [4.69, 9.17) is 0 Å². The molecule has 20 heavy (non-hydrogen) atoms. The van der Waals surface area contributed by atoms with Crippen molar-refractivity contribution in [2.45, 2.75) is 39.7 Å². The van der Waals surface area contributed by atoms with Crippen molar-refractivity contribution in [3.63, 3.8) is 0 Å². The van der Waals surface area contributed by atoms with Crippen molar-refractivity contribution in [3.8, 4) is 0 Å². The molecule has 0 bridgehead atoms. The van der Waals surface area contributed by atoms with Crippen molar-refractivity contribution in [3.05, 3.63) is 35.9 Å². The van der Waals surface area contributed by atoms with Crippen LogP contribution in [0.5, 0.6) is 0 Å². The van der Waals surface area contributed by atoms with Gasteiger partial charge in [-0.2, -0.15) is 0 Å². The summed E-state index contributed by atoms with van der Waals surface area (Å²) in [6.45, 7) is 11.8. The summed E-state index contributed by atoms with van der Waals surface area (Å²) in [7, 11) is 0. The number of nitrogens with one attached hydrogen (secondary N) is 1. The molecular formula is C18H30N2. The van der Waals surface area contributed by atoms with E-state index in [0.29, 0.717) is 12.0 Å². The van der Waals surface area contributed by atoms with Crippen LogP contribution in [-0.2, 0) is 0 Å². The van der Waals surface area contributed by atoms with Crippen LogP contribution >= 0.6 is 0 Å². The summed E-state index contributed by atoms with van der Waals surface area (Å²) in [5.74, 6) is 1.55. The second-order valence-electron chi connectivity index (χ2n) is 6.61. The van der Waals surface area contributed by atoms with Gasteiger partial charge in [0, 0.05) is 19.1 Å². The number of hydrogen-bond acceptors (Lipinski definition) is 2. The van der Waals surface area contributed by atoms with Gasteiger partial charge in [0.25, 0.3) is 0 Å². The fourth-order valence-corrected chi connectivity index (χ4v) is 3.06. The predicted molar refractivity (Wildman–Crippen MR) is 86.9 cm³/mol. The van der Waals surface area contributed by atoms with Crippen LogP contribution in [0.3, 0.4) is 0 Å². The Morgan fingerprint density at radius 2 is 1.80 bits per heavy atom. The molecule has 0 spiro atoms. The van der Waals surface area contributed by atoms with E-state index in [1.807, 2.05) is 0 Å². The minimum atomic E-state index is 0.472. The highest BCUT2D eigenvalue weighted by molar-refractivity contribution is 5.19. The van der Waals surface area contributed by atoms with Crippen LogP contribution in [0, 0.1) is 11.8 Å². The molecule has 112 valence electrons. The third-order valence-electron chi connectivity index (χ3n) is 4.49. The van der Waals surface area contributed by atoms with Crippen LogP contribution in [0.15, 0.2) is 30.3 Å². The van der Waals surface area contributed by atoms with Gasteiger partial charge in [0.2, 0.25) is 0 Å². The predicted octanol–water partition coefficient (Wildman–Crippen LogP) is 3.71. The summed E-state index contributed by atoms with van der Waals surface area (Å²) < 4.78 is 0. The average molecular weight is 274 g/mol. The minimum absolute atomic E-state index is 0.472. The van der Waals surface area contributed by atoms with Crippen LogP contribution < -0.4 is 5.32 Å². The maximum Gasteiger partial charge on any atom is 0.0343 e. The Labute approximate surface area is 124 Å². The van der Waals surface area contributed by atoms with Gasteiger partial charge in [0.05, 0.1) is 0 Å². The lowest BCUT2D eigenvalue weighted by Gasteiger charge is -2.31. The molecule has 0 radical (unpaired) electrons. The molecule has 1 aromatic rings. The number of likely N-dealkylation sites (tertiary alicyclic amines) is 1. The highest BCUT2D eigenvalue weighted by Crippen LogP contribution is 2.21. The molecule has 0 aromatic heterocycles. The molecule has 0 aliphatic carbocycles. The zero-order valence-corrected chi connectivity index (χ0v) is 13.3. The quantitative estimate of drug-likeness (QED) is 0.851. The molecule has 1 N–H and O–H groups in total. The van der Waals surface area contributed by atoms with E-state index in [-0.39, 0.29) is 0 Å². The number of piperidine rings is 1. The summed E-state index contributed by atoms with van der Waals surface area (Å²) in [5.41, 5.74) is 1.41. The lowest BCUT2D eigenvalue weighted by Crippen LogP contribution is -2.39. The number of benzene rings is 1. The van der Waals surface area contributed by atoms with Crippen molar-refractivity contribution in [2.24, 2.45) is 11.8 Å². The van der Waals surface area contributed by atoms with Crippen LogP contribution in [0.2, 0.25) is 0 Å². The zero-order chi connectivity index (χ0) is 14.4. The molecule has 2 rings (SSSR count). The first-order chi connectivity index (χ1) is 9.66. The Bertz CT molecular complexity index is 366. The standard InChI is InChI=1S/C18H30N2/c1-15(2)18(17-7-5-4-6-8-17)19-11-14-20-12-9-16(3)10-13-20/h4-8,15-16,18-19H,9-14H2,1-3H3. The van der Waals surface area contributed by atoms with Crippen LogP contribution in [-0.4, -0.2) is 31.1 Å². The van der Waals surface area contributed by atoms with Crippen LogP contribution in [0.25, 0.3) is 0 Å². The molecule has 1 aliphatic rings. The molecule has 2 heteroatoms. The van der Waals surface area contributed by atoms with E-state index in [2.05, 4.69) is 61.3 Å². The molecule has 1 aliphatic heterocycles. The SMILES string of the molecule is CC1CCN(CCNC(c2ccccc2)C(C)C)CC1. The third-order valence-corrected chi connectivity index (χ3v) is 4.49. The first-order valence-electron chi connectivity index (χ1n) is 8.17. The van der Waals surface area contributed by atoms with Gasteiger partial charge >= 0.3 is 0 Å². The van der Waals surface area contributed by atoms with E-state index in [9.17, 15) is 0 Å². The van der Waals surface area contributed by atoms with Gasteiger partial charge in [-0.05, 0) is 43.3 Å². The molecule has 1 atom stereocenters. The molecule has 1 aromatic carbocycles. The smallest absolute Gasteiger partial charge is 0.0343 e. The molecule has 2 nitrogen and oxygen atoms in total. The lowest BCUT2D eigenvalue weighted by molar-refractivity contribution is 0.189. The van der Waals surface area contributed by atoms with Crippen molar-refractivity contribution in [1.29, 1.82) is 0 Å². The molecule has 0 saturated carbocycles. The topological polar surface area (TPSA) is 15.3 Å². The van der Waals surface area contributed by atoms with Gasteiger partial charge in [-0.25, -0.2) is 0 Å². The zero-order valence-electron chi connectivity index (χ0n) is 13.3. The summed E-state index contributed by atoms with van der Waals surface area (Å²) in [4.78, 5) is 2.61. The molecule has 1 saturated heterocycles. The Balaban J connectivity index is 1.78. The van der Waals surface area contributed by atoms with Gasteiger partial charge in [0.1, 0.15) is 0 Å². The Morgan fingerprint density at radius 3 is 2.40 bits per heavy atom. The van der Waals surface area contributed by atoms with Crippen LogP contribution in [0.1, 0.15) is 45.2 Å². The second kappa shape index (κ2) is 7.80. The van der Waals surface area contributed by atoms with Crippen molar-refractivity contribution < 1.29 is 0 Å². The Hall–Kier alpha value is -0.860. The van der Waals surface area contributed by atoms with Gasteiger partial charge < -0.3 is 10.2 Å². The van der Waals surface area contributed by atoms with Crippen molar-refractivity contribution in [2.75, 3.05) is 26.2 Å². The van der Waals surface area contributed by atoms with Gasteiger partial charge in [-0.15, -0.1) is 0 Å².